The summed E-state index contributed by atoms with van der Waals surface area (Å²) >= 11 is 0. The highest BCUT2D eigenvalue weighted by Gasteiger charge is 2.51. The van der Waals surface area contributed by atoms with E-state index < -0.39 is 11.6 Å². The summed E-state index contributed by atoms with van der Waals surface area (Å²) in [5.74, 6) is 0.425. The Balaban J connectivity index is 1.67. The molecule has 3 heterocycles. The molecule has 0 radical (unpaired) electrons. The third-order valence-electron chi connectivity index (χ3n) is 4.43. The zero-order valence-corrected chi connectivity index (χ0v) is 13.8. The van der Waals surface area contributed by atoms with E-state index in [0.29, 0.717) is 11.6 Å². The van der Waals surface area contributed by atoms with Crippen molar-refractivity contribution in [2.45, 2.75) is 25.9 Å². The highest BCUT2D eigenvalue weighted by atomic mass is 16.3. The molecule has 7 nitrogen and oxygen atoms in total. The quantitative estimate of drug-likeness (QED) is 0.742. The predicted octanol–water partition coefficient (Wildman–Crippen LogP) is 2.50. The molecule has 7 heteroatoms. The van der Waals surface area contributed by atoms with E-state index in [1.54, 1.807) is 19.1 Å². The Kier molecular flexibility index (Phi) is 3.31. The fraction of sp³-hybridized carbons (Fsp3) is 0.222. The molecule has 1 aliphatic heterocycles. The second-order valence-corrected chi connectivity index (χ2v) is 6.17. The van der Waals surface area contributed by atoms with Crippen LogP contribution in [0.25, 0.3) is 10.9 Å². The van der Waals surface area contributed by atoms with Gasteiger partial charge in [0.2, 0.25) is 0 Å². The molecule has 3 aromatic rings. The Morgan fingerprint density at radius 2 is 1.96 bits per heavy atom. The number of benzene rings is 1. The van der Waals surface area contributed by atoms with Gasteiger partial charge in [0.25, 0.3) is 5.91 Å². The second-order valence-electron chi connectivity index (χ2n) is 6.17. The Morgan fingerprint density at radius 1 is 1.16 bits per heavy atom. The van der Waals surface area contributed by atoms with Crippen LogP contribution in [-0.4, -0.2) is 26.8 Å². The van der Waals surface area contributed by atoms with Gasteiger partial charge in [-0.1, -0.05) is 18.2 Å². The predicted molar refractivity (Wildman–Crippen MR) is 89.4 cm³/mol. The van der Waals surface area contributed by atoms with Gasteiger partial charge >= 0.3 is 6.03 Å². The Hall–Kier alpha value is -3.22. The molecule has 1 fully saturated rings. The number of furan rings is 1. The van der Waals surface area contributed by atoms with Crippen LogP contribution >= 0.6 is 0 Å². The van der Waals surface area contributed by atoms with Crippen molar-refractivity contribution in [1.29, 1.82) is 0 Å². The SMILES string of the molecule is Cc1nc(CN2C(=O)NC(C)(c3ccco3)C2=O)nc2ccccc12. The van der Waals surface area contributed by atoms with Crippen LogP contribution in [0.15, 0.2) is 47.1 Å². The maximum absolute atomic E-state index is 12.8. The molecule has 4 rings (SSSR count). The maximum Gasteiger partial charge on any atom is 0.325 e. The first-order valence-electron chi connectivity index (χ1n) is 7.89. The van der Waals surface area contributed by atoms with Gasteiger partial charge in [-0.05, 0) is 32.0 Å². The van der Waals surface area contributed by atoms with Crippen molar-refractivity contribution in [2.75, 3.05) is 0 Å². The molecule has 1 atom stereocenters. The molecule has 0 bridgehead atoms. The lowest BCUT2D eigenvalue weighted by molar-refractivity contribution is -0.132. The third-order valence-corrected chi connectivity index (χ3v) is 4.43. The van der Waals surface area contributed by atoms with E-state index in [-0.39, 0.29) is 12.5 Å². The molecule has 1 unspecified atom stereocenters. The summed E-state index contributed by atoms with van der Waals surface area (Å²) in [6.45, 7) is 3.51. The van der Waals surface area contributed by atoms with Crippen molar-refractivity contribution in [3.63, 3.8) is 0 Å². The van der Waals surface area contributed by atoms with Crippen LogP contribution in [0.1, 0.15) is 24.2 Å². The van der Waals surface area contributed by atoms with Crippen LogP contribution in [-0.2, 0) is 16.9 Å². The minimum atomic E-state index is -1.22. The van der Waals surface area contributed by atoms with Crippen LogP contribution in [0.3, 0.4) is 0 Å². The van der Waals surface area contributed by atoms with Crippen molar-refractivity contribution >= 4 is 22.8 Å². The fourth-order valence-corrected chi connectivity index (χ4v) is 3.08. The summed E-state index contributed by atoms with van der Waals surface area (Å²) in [6, 6.07) is 10.5. The topological polar surface area (TPSA) is 88.3 Å². The molecule has 1 aliphatic rings. The Bertz CT molecular complexity index is 983. The van der Waals surface area contributed by atoms with Crippen molar-refractivity contribution in [3.8, 4) is 0 Å². The lowest BCUT2D eigenvalue weighted by Crippen LogP contribution is -2.40. The molecule has 2 aromatic heterocycles. The molecule has 25 heavy (non-hydrogen) atoms. The molecular weight excluding hydrogens is 320 g/mol. The van der Waals surface area contributed by atoms with Gasteiger partial charge in [0.15, 0.2) is 5.54 Å². The summed E-state index contributed by atoms with van der Waals surface area (Å²) in [6.07, 6.45) is 1.47. The first kappa shape index (κ1) is 15.3. The van der Waals surface area contributed by atoms with Crippen LogP contribution < -0.4 is 5.32 Å². The smallest absolute Gasteiger partial charge is 0.325 e. The van der Waals surface area contributed by atoms with Gasteiger partial charge in [0, 0.05) is 11.1 Å². The van der Waals surface area contributed by atoms with Gasteiger partial charge in [-0.3, -0.25) is 9.69 Å². The first-order valence-corrected chi connectivity index (χ1v) is 7.89. The number of amides is 3. The summed E-state index contributed by atoms with van der Waals surface area (Å²) < 4.78 is 5.32. The highest BCUT2D eigenvalue weighted by Crippen LogP contribution is 2.30. The summed E-state index contributed by atoms with van der Waals surface area (Å²) in [5.41, 5.74) is 0.374. The number of para-hydroxylation sites is 1. The molecule has 1 N–H and O–H groups in total. The molecule has 3 amide bonds. The van der Waals surface area contributed by atoms with Crippen LogP contribution in [0.5, 0.6) is 0 Å². The van der Waals surface area contributed by atoms with E-state index in [1.165, 1.54) is 6.26 Å². The molecule has 0 aliphatic carbocycles. The summed E-state index contributed by atoms with van der Waals surface area (Å²) in [4.78, 5) is 35.2. The van der Waals surface area contributed by atoms with E-state index in [9.17, 15) is 9.59 Å². The maximum atomic E-state index is 12.8. The van der Waals surface area contributed by atoms with Crippen molar-refractivity contribution in [1.82, 2.24) is 20.2 Å². The van der Waals surface area contributed by atoms with Gasteiger partial charge in [-0.25, -0.2) is 14.8 Å². The lowest BCUT2D eigenvalue weighted by Gasteiger charge is -2.18. The van der Waals surface area contributed by atoms with Crippen molar-refractivity contribution in [3.05, 3.63) is 59.9 Å². The second kappa shape index (κ2) is 5.41. The van der Waals surface area contributed by atoms with Gasteiger partial charge in [-0.15, -0.1) is 0 Å². The number of aryl methyl sites for hydroxylation is 1. The molecular formula is C18H16N4O3. The largest absolute Gasteiger partial charge is 0.466 e. The van der Waals surface area contributed by atoms with Gasteiger partial charge < -0.3 is 9.73 Å². The van der Waals surface area contributed by atoms with Gasteiger partial charge in [-0.2, -0.15) is 0 Å². The number of rotatable bonds is 3. The number of aromatic nitrogens is 2. The monoisotopic (exact) mass is 336 g/mol. The van der Waals surface area contributed by atoms with Crippen molar-refractivity contribution in [2.24, 2.45) is 0 Å². The Labute approximate surface area is 143 Å². The number of urea groups is 1. The van der Waals surface area contributed by atoms with Gasteiger partial charge in [0.1, 0.15) is 11.6 Å². The number of nitrogens with one attached hydrogen (secondary N) is 1. The summed E-state index contributed by atoms with van der Waals surface area (Å²) in [7, 11) is 0. The zero-order valence-electron chi connectivity index (χ0n) is 13.8. The van der Waals surface area contributed by atoms with E-state index in [4.69, 9.17) is 4.42 Å². The molecule has 0 spiro atoms. The van der Waals surface area contributed by atoms with E-state index >= 15 is 0 Å². The number of hydrogen-bond acceptors (Lipinski definition) is 5. The standard InChI is InChI=1S/C18H16N4O3/c1-11-12-6-3-4-7-13(12)20-15(19-11)10-22-16(23)18(2,21-17(22)24)14-8-5-9-25-14/h3-9H,10H2,1-2H3,(H,21,24). The minimum absolute atomic E-state index is 0.00659. The summed E-state index contributed by atoms with van der Waals surface area (Å²) in [5, 5.41) is 3.64. The number of carbonyl (C=O) groups excluding carboxylic acids is 2. The molecule has 126 valence electrons. The van der Waals surface area contributed by atoms with Crippen LogP contribution in [0, 0.1) is 6.92 Å². The minimum Gasteiger partial charge on any atom is -0.466 e. The number of nitrogens with zero attached hydrogens (tertiary/aromatic N) is 3. The molecule has 1 saturated heterocycles. The van der Waals surface area contributed by atoms with E-state index in [1.807, 2.05) is 31.2 Å². The average molecular weight is 336 g/mol. The Morgan fingerprint density at radius 3 is 2.72 bits per heavy atom. The highest BCUT2D eigenvalue weighted by molar-refractivity contribution is 6.06. The average Bonchev–Trinajstić information content (AvgIpc) is 3.20. The van der Waals surface area contributed by atoms with Gasteiger partial charge in [0.05, 0.1) is 18.3 Å². The molecule has 0 saturated carbocycles. The number of fused-ring (bicyclic) bond motifs is 1. The third kappa shape index (κ3) is 2.36. The van der Waals surface area contributed by atoms with E-state index in [2.05, 4.69) is 15.3 Å². The van der Waals surface area contributed by atoms with E-state index in [0.717, 1.165) is 21.5 Å². The number of imide groups is 1. The zero-order chi connectivity index (χ0) is 17.6. The first-order chi connectivity index (χ1) is 12.0. The van der Waals surface area contributed by atoms with Crippen molar-refractivity contribution < 1.29 is 14.0 Å². The van der Waals surface area contributed by atoms with Crippen LogP contribution in [0.4, 0.5) is 4.79 Å². The lowest BCUT2D eigenvalue weighted by atomic mass is 9.99. The fourth-order valence-electron chi connectivity index (χ4n) is 3.08. The molecule has 1 aromatic carbocycles. The number of carbonyl (C=O) groups is 2. The number of hydrogen-bond donors (Lipinski definition) is 1. The van der Waals surface area contributed by atoms with Crippen LogP contribution in [0.2, 0.25) is 0 Å². The normalized spacial score (nSPS) is 20.3.